The number of nitrogens with zero attached hydrogens (tertiary/aromatic N) is 5. The molecule has 0 unspecified atom stereocenters. The number of benzene rings is 2. The van der Waals surface area contributed by atoms with Crippen molar-refractivity contribution < 1.29 is 65.7 Å². The molecule has 7 rings (SSSR count). The highest BCUT2D eigenvalue weighted by Crippen LogP contribution is 2.42. The number of esters is 1. The molecule has 6 N–H and O–H groups in total. The van der Waals surface area contributed by atoms with Gasteiger partial charge in [0.15, 0.2) is 0 Å². The van der Waals surface area contributed by atoms with Crippen molar-refractivity contribution in [3.05, 3.63) is 117 Å². The fourth-order valence-corrected chi connectivity index (χ4v) is 10.5. The van der Waals surface area contributed by atoms with Crippen LogP contribution in [-0.2, 0) is 94.1 Å². The number of fused-ring (bicyclic) bond motifs is 5. The van der Waals surface area contributed by atoms with Gasteiger partial charge in [0.2, 0.25) is 50.1 Å². The summed E-state index contributed by atoms with van der Waals surface area (Å²) in [6.07, 6.45) is 9.52. The average Bonchev–Trinajstić information content (AvgIpc) is 1.47. The van der Waals surface area contributed by atoms with E-state index < -0.39 is 70.1 Å². The molecule has 0 bridgehead atoms. The van der Waals surface area contributed by atoms with Gasteiger partial charge in [-0.1, -0.05) is 49.4 Å². The number of ether oxygens (including phenoxy) is 5. The molecule has 2 aliphatic rings. The first-order chi connectivity index (χ1) is 41.2. The standard InChI is InChI=1S/C60H74N10O15S/c1-6-60(47-30-50-54-45(33-70(50)56(76)46(47)35-83-57(60)77)43(23-27-69(38(2)3)39(4)71)44-15-10-11-16-48(44)68-54)85-59(78)84-34-40-19-21-42(22-20-40)66-55(75)49(17-12-13-24-61)67-53(74)37-82-36-52(73)63-26-29-81-28-25-62-51(72)18-9-7-8-14-41-31-64-58(65-32-41)86(5,79)80/h8,10-11,14-16,19-22,30-32,38,49H,6-7,9,12-13,17-18,23-29,33-37,61H2,1-5H3,(H,62,72)(H,63,73)(H,66,75)(H,67,74)/b14-8-/t49-,60-/m0/s1. The molecule has 25 nitrogen and oxygen atoms in total. The topological polar surface area (TPSA) is 338 Å². The number of carbonyl (C=O) groups is 7. The van der Waals surface area contributed by atoms with Crippen LogP contribution in [0.5, 0.6) is 0 Å². The third-order valence-corrected chi connectivity index (χ3v) is 15.3. The number of pyridine rings is 2. The highest BCUT2D eigenvalue weighted by Gasteiger charge is 2.51. The molecule has 2 aliphatic heterocycles. The second-order valence-electron chi connectivity index (χ2n) is 21.0. The lowest BCUT2D eigenvalue weighted by Gasteiger charge is -2.35. The summed E-state index contributed by atoms with van der Waals surface area (Å²) in [5, 5.41) is 11.5. The second kappa shape index (κ2) is 30.6. The summed E-state index contributed by atoms with van der Waals surface area (Å²) in [5.41, 5.74) is 8.52. The summed E-state index contributed by atoms with van der Waals surface area (Å²) in [6.45, 7) is 7.34. The van der Waals surface area contributed by atoms with Crippen LogP contribution < -0.4 is 32.6 Å². The molecule has 2 aromatic carbocycles. The van der Waals surface area contributed by atoms with E-state index in [1.807, 2.05) is 44.2 Å². The van der Waals surface area contributed by atoms with Gasteiger partial charge in [-0.05, 0) is 101 Å². The van der Waals surface area contributed by atoms with Gasteiger partial charge >= 0.3 is 12.1 Å². The van der Waals surface area contributed by atoms with Crippen molar-refractivity contribution in [1.82, 2.24) is 40.4 Å². The summed E-state index contributed by atoms with van der Waals surface area (Å²) < 4.78 is 52.3. The highest BCUT2D eigenvalue weighted by atomic mass is 32.2. The van der Waals surface area contributed by atoms with Crippen LogP contribution in [0.2, 0.25) is 0 Å². The smallest absolute Gasteiger partial charge is 0.457 e. The molecule has 26 heteroatoms. The number of anilines is 1. The van der Waals surface area contributed by atoms with Gasteiger partial charge in [0, 0.05) is 85.4 Å². The van der Waals surface area contributed by atoms with E-state index in [1.165, 1.54) is 19.3 Å². The van der Waals surface area contributed by atoms with Crippen molar-refractivity contribution in [3.8, 4) is 11.4 Å². The summed E-state index contributed by atoms with van der Waals surface area (Å²) in [7, 11) is -3.48. The van der Waals surface area contributed by atoms with Crippen LogP contribution in [-0.4, -0.2) is 145 Å². The van der Waals surface area contributed by atoms with Gasteiger partial charge in [-0.3, -0.25) is 28.8 Å². The van der Waals surface area contributed by atoms with Crippen molar-refractivity contribution in [2.24, 2.45) is 5.73 Å². The lowest BCUT2D eigenvalue weighted by atomic mass is 9.85. The van der Waals surface area contributed by atoms with E-state index in [9.17, 15) is 46.8 Å². The molecule has 86 heavy (non-hydrogen) atoms. The minimum Gasteiger partial charge on any atom is -0.457 e. The van der Waals surface area contributed by atoms with Gasteiger partial charge in [0.05, 0.1) is 42.2 Å². The number of aromatic nitrogens is 4. The average molecular weight is 1210 g/mol. The minimum absolute atomic E-state index is 0.0243. The highest BCUT2D eigenvalue weighted by molar-refractivity contribution is 7.90. The van der Waals surface area contributed by atoms with Crippen LogP contribution in [0.1, 0.15) is 106 Å². The number of sulfone groups is 1. The number of unbranched alkanes of at least 4 members (excludes halogenated alkanes) is 2. The van der Waals surface area contributed by atoms with Crippen LogP contribution >= 0.6 is 0 Å². The Morgan fingerprint density at radius 3 is 2.30 bits per heavy atom. The second-order valence-corrected chi connectivity index (χ2v) is 22.9. The summed E-state index contributed by atoms with van der Waals surface area (Å²) in [5.74, 6) is -2.72. The molecular weight excluding hydrogens is 1130 g/mol. The van der Waals surface area contributed by atoms with Crippen molar-refractivity contribution in [2.45, 2.75) is 122 Å². The number of carbonyl (C=O) groups excluding carboxylic acids is 7. The molecular formula is C60H74N10O15S. The van der Waals surface area contributed by atoms with Gasteiger partial charge < -0.3 is 60.2 Å². The Hall–Kier alpha value is -8.46. The quantitative estimate of drug-likeness (QED) is 0.0232. The van der Waals surface area contributed by atoms with E-state index in [1.54, 1.807) is 52.8 Å². The van der Waals surface area contributed by atoms with Crippen LogP contribution in [0.25, 0.3) is 28.4 Å². The maximum atomic E-state index is 14.4. The van der Waals surface area contributed by atoms with E-state index in [-0.39, 0.29) is 93.0 Å². The molecule has 2 atom stereocenters. The van der Waals surface area contributed by atoms with Crippen molar-refractivity contribution in [3.63, 3.8) is 0 Å². The Morgan fingerprint density at radius 1 is 0.907 bits per heavy atom. The first-order valence-electron chi connectivity index (χ1n) is 28.5. The first-order valence-corrected chi connectivity index (χ1v) is 30.4. The van der Waals surface area contributed by atoms with Gasteiger partial charge in [-0.2, -0.15) is 0 Å². The van der Waals surface area contributed by atoms with Gasteiger partial charge in [-0.15, -0.1) is 0 Å². The van der Waals surface area contributed by atoms with Gasteiger partial charge in [0.25, 0.3) is 5.56 Å². The number of amides is 5. The maximum absolute atomic E-state index is 14.4. The minimum atomic E-state index is -3.48. The Labute approximate surface area is 498 Å². The molecule has 0 saturated carbocycles. The van der Waals surface area contributed by atoms with E-state index in [0.717, 1.165) is 22.8 Å². The molecule has 0 fully saturated rings. The number of allylic oxidation sites excluding steroid dienone is 1. The van der Waals surface area contributed by atoms with E-state index in [4.69, 9.17) is 34.4 Å². The summed E-state index contributed by atoms with van der Waals surface area (Å²) in [4.78, 5) is 120. The van der Waals surface area contributed by atoms with Crippen LogP contribution in [0.3, 0.4) is 0 Å². The van der Waals surface area contributed by atoms with Gasteiger partial charge in [0.1, 0.15) is 32.5 Å². The molecule has 5 heterocycles. The van der Waals surface area contributed by atoms with Crippen molar-refractivity contribution in [2.75, 3.05) is 64.2 Å². The fraction of sp³-hybridized carbons (Fsp3) is 0.450. The van der Waals surface area contributed by atoms with Crippen molar-refractivity contribution >= 4 is 74.2 Å². The number of para-hydroxylation sites is 1. The number of cyclic esters (lactones) is 1. The summed E-state index contributed by atoms with van der Waals surface area (Å²) >= 11 is 0. The van der Waals surface area contributed by atoms with Crippen LogP contribution in [0.15, 0.2) is 83.0 Å². The number of nitrogens with one attached hydrogen (secondary N) is 4. The number of hydrogen-bond acceptors (Lipinski definition) is 19. The molecule has 5 aromatic rings. The molecule has 3 aromatic heterocycles. The zero-order chi connectivity index (χ0) is 62.0. The molecule has 5 amide bonds. The van der Waals surface area contributed by atoms with Crippen LogP contribution in [0, 0.1) is 0 Å². The zero-order valence-electron chi connectivity index (χ0n) is 48.9. The van der Waals surface area contributed by atoms with E-state index in [2.05, 4.69) is 31.2 Å². The first kappa shape index (κ1) is 65.1. The normalized spacial score (nSPS) is 14.6. The lowest BCUT2D eigenvalue weighted by molar-refractivity contribution is -0.175. The Kier molecular flexibility index (Phi) is 23.1. The van der Waals surface area contributed by atoms with E-state index in [0.29, 0.717) is 85.3 Å². The van der Waals surface area contributed by atoms with Gasteiger partial charge in [-0.25, -0.2) is 33.0 Å². The Bertz CT molecular complexity index is 3480. The predicted molar refractivity (Wildman–Crippen MR) is 315 cm³/mol. The SMILES string of the molecule is CC[C@@]1(OC(=O)OCc2ccc(NC(=O)[C@H](CCCCN)NC(=O)COCC(=O)NCCOCCNC(=O)CCC/C=C\c3cnc(S(C)(=O)=O)nc3)cc2)C(=O)OCc2c1cc1n(c2=O)Cc2c-1nc1ccccc1c2CCN(C(C)=O)C(C)C. The molecule has 0 aliphatic carbocycles. The Morgan fingerprint density at radius 2 is 1.62 bits per heavy atom. The number of rotatable bonds is 31. The van der Waals surface area contributed by atoms with E-state index >= 15 is 0 Å². The van der Waals surface area contributed by atoms with Crippen LogP contribution in [0.4, 0.5) is 10.5 Å². The molecule has 460 valence electrons. The monoisotopic (exact) mass is 1210 g/mol. The largest absolute Gasteiger partial charge is 0.510 e. The molecule has 0 spiro atoms. The molecule has 0 radical (unpaired) electrons. The predicted octanol–water partition coefficient (Wildman–Crippen LogP) is 4.14. The number of hydrogen-bond donors (Lipinski definition) is 5. The summed E-state index contributed by atoms with van der Waals surface area (Å²) in [6, 6.07) is 14.7. The maximum Gasteiger partial charge on any atom is 0.510 e. The Balaban J connectivity index is 0.840. The third kappa shape index (κ3) is 17.1. The zero-order valence-corrected chi connectivity index (χ0v) is 49.8. The fourth-order valence-electron chi connectivity index (χ4n) is 10.00. The third-order valence-electron chi connectivity index (χ3n) is 14.4. The number of nitrogens with two attached hydrogens (primary N) is 1. The van der Waals surface area contributed by atoms with Crippen molar-refractivity contribution in [1.29, 1.82) is 0 Å². The molecule has 0 saturated heterocycles. The lowest BCUT2D eigenvalue weighted by Crippen LogP contribution is -2.47.